The molecule has 2 aromatic carbocycles. The second-order valence-corrected chi connectivity index (χ2v) is 8.93. The van der Waals surface area contributed by atoms with Crippen molar-refractivity contribution in [3.63, 3.8) is 0 Å². The second kappa shape index (κ2) is 10.9. The first kappa shape index (κ1) is 22.0. The zero-order valence-electron chi connectivity index (χ0n) is 17.0. The van der Waals surface area contributed by atoms with Crippen LogP contribution in [-0.4, -0.2) is 48.5 Å². The number of anilines is 1. The van der Waals surface area contributed by atoms with Gasteiger partial charge in [-0.25, -0.2) is 9.10 Å². The number of nitrogens with one attached hydrogen (secondary N) is 2. The molecule has 2 N–H and O–H groups in total. The molecule has 1 unspecified atom stereocenters. The fraction of sp³-hybridized carbons (Fsp3) is 0.409. The third-order valence-corrected chi connectivity index (χ3v) is 6.29. The number of carbonyl (C=O) groups is 1. The number of rotatable bonds is 6. The third kappa shape index (κ3) is 6.93. The molecule has 0 spiro atoms. The normalized spacial score (nSPS) is 16.8. The second-order valence-electron chi connectivity index (χ2n) is 7.32. The molecule has 1 atom stereocenters. The number of urea groups is 1. The summed E-state index contributed by atoms with van der Waals surface area (Å²) in [6.45, 7) is 6.38. The van der Waals surface area contributed by atoms with Crippen LogP contribution in [0.1, 0.15) is 31.4 Å². The van der Waals surface area contributed by atoms with E-state index < -0.39 is 0 Å². The van der Waals surface area contributed by atoms with E-state index in [4.69, 9.17) is 11.6 Å². The first-order valence-electron chi connectivity index (χ1n) is 10.1. The molecule has 7 heteroatoms. The van der Waals surface area contributed by atoms with Gasteiger partial charge >= 0.3 is 6.03 Å². The summed E-state index contributed by atoms with van der Waals surface area (Å²) in [4.78, 5) is 16.0. The summed E-state index contributed by atoms with van der Waals surface area (Å²) in [5.74, 6) is 0. The highest BCUT2D eigenvalue weighted by Crippen LogP contribution is 2.26. The number of hydrogen-bond acceptors (Lipinski definition) is 4. The predicted octanol–water partition coefficient (Wildman–Crippen LogP) is 5.26. The van der Waals surface area contributed by atoms with Crippen molar-refractivity contribution in [2.45, 2.75) is 30.7 Å². The lowest BCUT2D eigenvalue weighted by Gasteiger charge is -2.20. The molecule has 1 saturated heterocycles. The van der Waals surface area contributed by atoms with E-state index in [1.165, 1.54) is 6.42 Å². The molecule has 0 saturated carbocycles. The Kier molecular flexibility index (Phi) is 8.24. The minimum Gasteiger partial charge on any atom is -0.331 e. The van der Waals surface area contributed by atoms with Crippen molar-refractivity contribution in [2.75, 3.05) is 38.5 Å². The smallest absolute Gasteiger partial charge is 0.319 e. The van der Waals surface area contributed by atoms with E-state index in [2.05, 4.69) is 33.0 Å². The summed E-state index contributed by atoms with van der Waals surface area (Å²) in [5, 5.41) is 6.68. The van der Waals surface area contributed by atoms with Crippen LogP contribution in [0.2, 0.25) is 5.02 Å². The van der Waals surface area contributed by atoms with Crippen LogP contribution in [0.3, 0.4) is 0 Å². The highest BCUT2D eigenvalue weighted by atomic mass is 35.5. The Morgan fingerprint density at radius 3 is 2.76 bits per heavy atom. The lowest BCUT2D eigenvalue weighted by Crippen LogP contribution is -2.32. The van der Waals surface area contributed by atoms with E-state index in [0.29, 0.717) is 5.02 Å². The van der Waals surface area contributed by atoms with Crippen LogP contribution < -0.4 is 10.6 Å². The number of nitrogens with zero attached hydrogens (tertiary/aromatic N) is 2. The minimum absolute atomic E-state index is 0.0830. The lowest BCUT2D eigenvalue weighted by atomic mass is 10.1. The van der Waals surface area contributed by atoms with Gasteiger partial charge in [0.15, 0.2) is 0 Å². The van der Waals surface area contributed by atoms with Crippen molar-refractivity contribution >= 4 is 35.3 Å². The average molecular weight is 433 g/mol. The zero-order valence-corrected chi connectivity index (χ0v) is 18.6. The highest BCUT2D eigenvalue weighted by molar-refractivity contribution is 7.97. The molecule has 1 heterocycles. The first-order valence-corrected chi connectivity index (χ1v) is 11.2. The van der Waals surface area contributed by atoms with Crippen LogP contribution in [0, 0.1) is 0 Å². The van der Waals surface area contributed by atoms with Gasteiger partial charge in [-0.3, -0.25) is 0 Å². The molecule has 156 valence electrons. The van der Waals surface area contributed by atoms with Gasteiger partial charge in [0.05, 0.1) is 6.04 Å². The Hall–Kier alpha value is -1.73. The van der Waals surface area contributed by atoms with Crippen LogP contribution in [-0.2, 0) is 0 Å². The summed E-state index contributed by atoms with van der Waals surface area (Å²) in [6, 6.07) is 15.3. The molecule has 2 amide bonds. The van der Waals surface area contributed by atoms with Crippen LogP contribution in [0.4, 0.5) is 10.5 Å². The number of benzene rings is 2. The Labute approximate surface area is 182 Å². The van der Waals surface area contributed by atoms with Gasteiger partial charge in [-0.05, 0) is 74.3 Å². The van der Waals surface area contributed by atoms with Gasteiger partial charge in [0.25, 0.3) is 0 Å². The first-order chi connectivity index (χ1) is 14.0. The van der Waals surface area contributed by atoms with E-state index in [1.807, 2.05) is 49.4 Å². The Morgan fingerprint density at radius 2 is 1.97 bits per heavy atom. The molecule has 0 aliphatic carbocycles. The molecular formula is C22H29ClN4OS. The van der Waals surface area contributed by atoms with Crippen molar-refractivity contribution in [1.82, 2.24) is 14.5 Å². The molecule has 0 radical (unpaired) electrons. The van der Waals surface area contributed by atoms with Crippen molar-refractivity contribution < 1.29 is 4.79 Å². The highest BCUT2D eigenvalue weighted by Gasteiger charge is 2.15. The third-order valence-electron chi connectivity index (χ3n) is 4.97. The maximum absolute atomic E-state index is 12.5. The number of carbonyl (C=O) groups excluding carboxylic acids is 1. The van der Waals surface area contributed by atoms with Crippen LogP contribution >= 0.6 is 23.5 Å². The molecule has 1 aliphatic rings. The van der Waals surface area contributed by atoms with E-state index in [9.17, 15) is 4.79 Å². The fourth-order valence-corrected chi connectivity index (χ4v) is 4.57. The van der Waals surface area contributed by atoms with Crippen molar-refractivity contribution in [1.29, 1.82) is 0 Å². The van der Waals surface area contributed by atoms with Gasteiger partial charge in [-0.15, -0.1) is 0 Å². The maximum atomic E-state index is 12.5. The summed E-state index contributed by atoms with van der Waals surface area (Å²) in [6.07, 6.45) is 1.96. The van der Waals surface area contributed by atoms with Gasteiger partial charge in [0.2, 0.25) is 0 Å². The topological polar surface area (TPSA) is 47.6 Å². The van der Waals surface area contributed by atoms with Gasteiger partial charge in [-0.2, -0.15) is 0 Å². The number of halogens is 1. The van der Waals surface area contributed by atoms with Gasteiger partial charge in [-0.1, -0.05) is 36.7 Å². The molecular weight excluding hydrogens is 404 g/mol. The molecule has 29 heavy (non-hydrogen) atoms. The fourth-order valence-electron chi connectivity index (χ4n) is 3.36. The molecule has 3 rings (SSSR count). The summed E-state index contributed by atoms with van der Waals surface area (Å²) in [7, 11) is 2.17. The standard InChI is InChI=1S/C22H29ClN4OS/c1-3-21(17-7-4-8-18(23)15-17)25-22(28)24-19-9-5-10-20(16-19)29-27-12-6-11-26(2)13-14-27/h4-5,7-10,15-16,21H,3,6,11-14H2,1-2H3,(H2,24,25,28). The quantitative estimate of drug-likeness (QED) is 0.611. The SMILES string of the molecule is CCC(NC(=O)Nc1cccc(SN2CCCN(C)CC2)c1)c1cccc(Cl)c1. The average Bonchev–Trinajstić information content (AvgIpc) is 2.90. The van der Waals surface area contributed by atoms with E-state index in [-0.39, 0.29) is 12.1 Å². The molecule has 5 nitrogen and oxygen atoms in total. The summed E-state index contributed by atoms with van der Waals surface area (Å²) >= 11 is 7.85. The number of amides is 2. The van der Waals surface area contributed by atoms with E-state index in [1.54, 1.807) is 11.9 Å². The summed E-state index contributed by atoms with van der Waals surface area (Å²) in [5.41, 5.74) is 1.80. The zero-order chi connectivity index (χ0) is 20.6. The Morgan fingerprint density at radius 1 is 1.14 bits per heavy atom. The van der Waals surface area contributed by atoms with E-state index in [0.717, 1.165) is 48.7 Å². The molecule has 1 aliphatic heterocycles. The molecule has 0 aromatic heterocycles. The Bertz CT molecular complexity index is 819. The lowest BCUT2D eigenvalue weighted by molar-refractivity contribution is 0.248. The monoisotopic (exact) mass is 432 g/mol. The van der Waals surface area contributed by atoms with Crippen LogP contribution in [0.5, 0.6) is 0 Å². The predicted molar refractivity (Wildman–Crippen MR) is 123 cm³/mol. The van der Waals surface area contributed by atoms with Gasteiger partial charge in [0, 0.05) is 35.2 Å². The van der Waals surface area contributed by atoms with Crippen LogP contribution in [0.25, 0.3) is 0 Å². The molecule has 1 fully saturated rings. The van der Waals surface area contributed by atoms with Crippen molar-refractivity contribution in [2.24, 2.45) is 0 Å². The summed E-state index contributed by atoms with van der Waals surface area (Å²) < 4.78 is 2.40. The van der Waals surface area contributed by atoms with Crippen molar-refractivity contribution in [3.05, 3.63) is 59.1 Å². The van der Waals surface area contributed by atoms with Crippen molar-refractivity contribution in [3.8, 4) is 0 Å². The Balaban J connectivity index is 1.58. The minimum atomic E-state index is -0.213. The molecule has 2 aromatic rings. The van der Waals surface area contributed by atoms with Crippen LogP contribution in [0.15, 0.2) is 53.4 Å². The van der Waals surface area contributed by atoms with Gasteiger partial charge < -0.3 is 15.5 Å². The maximum Gasteiger partial charge on any atom is 0.319 e. The largest absolute Gasteiger partial charge is 0.331 e. The van der Waals surface area contributed by atoms with Gasteiger partial charge in [0.1, 0.15) is 0 Å². The molecule has 0 bridgehead atoms. The number of likely N-dealkylation sites (N-methyl/N-ethyl adjacent to an activating group) is 1. The van der Waals surface area contributed by atoms with E-state index >= 15 is 0 Å². The number of hydrogen-bond donors (Lipinski definition) is 2.